The number of aromatic nitrogens is 6. The first-order valence-electron chi connectivity index (χ1n) is 26.2. The van der Waals surface area contributed by atoms with Crippen LogP contribution in [0.15, 0.2) is 267 Å². The third-order valence-corrected chi connectivity index (χ3v) is 15.7. The van der Waals surface area contributed by atoms with Gasteiger partial charge in [-0.25, -0.2) is 4.98 Å². The Bertz CT molecular complexity index is 4880. The van der Waals surface area contributed by atoms with E-state index in [0.717, 1.165) is 87.9 Å². The highest BCUT2D eigenvalue weighted by molar-refractivity contribution is 6.29. The molecule has 0 bridgehead atoms. The average Bonchev–Trinajstić information content (AvgIpc) is 4.36. The second kappa shape index (κ2) is 17.1. The molecule has 0 spiro atoms. The summed E-state index contributed by atoms with van der Waals surface area (Å²) in [6.45, 7) is 0. The van der Waals surface area contributed by atoms with Crippen molar-refractivity contribution >= 4 is 87.0 Å². The first-order chi connectivity index (χ1) is 38.2. The lowest BCUT2D eigenvalue weighted by atomic mass is 9.98. The maximum atomic E-state index is 5.46. The number of rotatable bonds is 7. The lowest BCUT2D eigenvalue weighted by Crippen LogP contribution is -2.07. The second-order valence-electron chi connectivity index (χ2n) is 19.9. The third kappa shape index (κ3) is 6.65. The minimum absolute atomic E-state index is 0.553. The fourth-order valence-electron chi connectivity index (χ4n) is 12.3. The number of nitrogens with zero attached hydrogens (tertiary/aromatic N) is 6. The topological polar surface area (TPSA) is 53.5 Å². The summed E-state index contributed by atoms with van der Waals surface area (Å²) in [5.74, 6) is 1.79. The van der Waals surface area contributed by atoms with E-state index in [1.807, 2.05) is 0 Å². The molecule has 12 aromatic carbocycles. The van der Waals surface area contributed by atoms with Gasteiger partial charge in [0.05, 0.1) is 38.8 Å². The lowest BCUT2D eigenvalue weighted by molar-refractivity contribution is 0.955. The highest BCUT2D eigenvalue weighted by Gasteiger charge is 2.25. The van der Waals surface area contributed by atoms with Crippen LogP contribution < -0.4 is 0 Å². The minimum atomic E-state index is 0.553. The Hall–Kier alpha value is -10.4. The largest absolute Gasteiger partial charge is 0.309 e. The summed E-state index contributed by atoms with van der Waals surface area (Å²) in [7, 11) is 0. The van der Waals surface area contributed by atoms with Crippen molar-refractivity contribution in [1.29, 1.82) is 0 Å². The molecule has 0 atom stereocenters. The zero-order valence-electron chi connectivity index (χ0n) is 41.6. The molecule has 0 aliphatic heterocycles. The highest BCUT2D eigenvalue weighted by Crippen LogP contribution is 2.46. The molecular weight excluding hydrogens is 937 g/mol. The fourth-order valence-corrected chi connectivity index (χ4v) is 12.3. The minimum Gasteiger partial charge on any atom is -0.309 e. The summed E-state index contributed by atoms with van der Waals surface area (Å²) >= 11 is 0. The Kier molecular flexibility index (Phi) is 9.53. The molecule has 4 aromatic heterocycles. The van der Waals surface area contributed by atoms with Gasteiger partial charge in [0.2, 0.25) is 5.95 Å². The lowest BCUT2D eigenvalue weighted by Gasteiger charge is -2.14. The van der Waals surface area contributed by atoms with Crippen LogP contribution in [0.1, 0.15) is 0 Å². The van der Waals surface area contributed by atoms with Crippen molar-refractivity contribution in [3.63, 3.8) is 0 Å². The molecule has 0 aliphatic carbocycles. The predicted octanol–water partition coefficient (Wildman–Crippen LogP) is 18.1. The van der Waals surface area contributed by atoms with Crippen LogP contribution in [0.2, 0.25) is 0 Å². The van der Waals surface area contributed by atoms with Crippen LogP contribution in [0.3, 0.4) is 0 Å². The average molecular weight is 981 g/mol. The summed E-state index contributed by atoms with van der Waals surface area (Å²) in [4.78, 5) is 16.3. The molecule has 77 heavy (non-hydrogen) atoms. The van der Waals surface area contributed by atoms with Gasteiger partial charge in [-0.15, -0.1) is 0 Å². The maximum Gasteiger partial charge on any atom is 0.238 e. The van der Waals surface area contributed by atoms with Crippen LogP contribution in [0.25, 0.3) is 149 Å². The molecule has 16 aromatic rings. The Labute approximate surface area is 442 Å². The van der Waals surface area contributed by atoms with Gasteiger partial charge in [0.1, 0.15) is 0 Å². The van der Waals surface area contributed by atoms with E-state index in [1.165, 1.54) is 43.8 Å². The molecule has 6 nitrogen and oxygen atoms in total. The van der Waals surface area contributed by atoms with E-state index in [2.05, 4.69) is 281 Å². The summed E-state index contributed by atoms with van der Waals surface area (Å²) in [5, 5.41) is 11.5. The zero-order chi connectivity index (χ0) is 50.6. The quantitative estimate of drug-likeness (QED) is 0.160. The van der Waals surface area contributed by atoms with Gasteiger partial charge in [0.25, 0.3) is 0 Å². The molecule has 0 fully saturated rings. The molecular formula is C71H44N6. The van der Waals surface area contributed by atoms with Gasteiger partial charge in [0.15, 0.2) is 11.6 Å². The standard InChI is InChI=1S/C71H44N6/c1-3-20-45(21-4-1)49-42-50(46-22-5-2-6-23-46)44-51(43-49)75-59-35-14-12-31-57(59)67-64(75)40-41-65-68(67)58-32-13-15-36-60(58)76(65)62-38-19-39-63-66(62)56-30-11-16-37-61(56)77(63)71-73-69(54-33-17-26-47-24-7-9-28-52(47)54)72-70(74-71)55-34-18-27-48-25-8-10-29-53(48)55/h1-44H. The summed E-state index contributed by atoms with van der Waals surface area (Å²) in [6, 6.07) is 95.9. The van der Waals surface area contributed by atoms with Crippen LogP contribution in [-0.2, 0) is 0 Å². The maximum absolute atomic E-state index is 5.46. The van der Waals surface area contributed by atoms with Gasteiger partial charge in [-0.3, -0.25) is 4.57 Å². The predicted molar refractivity (Wildman–Crippen MR) is 320 cm³/mol. The number of benzene rings is 12. The summed E-state index contributed by atoms with van der Waals surface area (Å²) in [6.07, 6.45) is 0. The Morgan fingerprint density at radius 3 is 1.21 bits per heavy atom. The van der Waals surface area contributed by atoms with E-state index >= 15 is 0 Å². The smallest absolute Gasteiger partial charge is 0.238 e. The van der Waals surface area contributed by atoms with E-state index in [1.54, 1.807) is 0 Å². The fraction of sp³-hybridized carbons (Fsp3) is 0. The van der Waals surface area contributed by atoms with Crippen LogP contribution in [0, 0.1) is 0 Å². The molecule has 0 aliphatic rings. The van der Waals surface area contributed by atoms with Crippen molar-refractivity contribution in [2.24, 2.45) is 0 Å². The molecule has 0 saturated carbocycles. The van der Waals surface area contributed by atoms with Gasteiger partial charge in [-0.2, -0.15) is 9.97 Å². The van der Waals surface area contributed by atoms with Crippen molar-refractivity contribution in [3.8, 4) is 62.4 Å². The van der Waals surface area contributed by atoms with Crippen molar-refractivity contribution in [1.82, 2.24) is 28.7 Å². The third-order valence-electron chi connectivity index (χ3n) is 15.7. The van der Waals surface area contributed by atoms with Gasteiger partial charge in [0, 0.05) is 49.1 Å². The molecule has 358 valence electrons. The van der Waals surface area contributed by atoms with Crippen molar-refractivity contribution in [2.75, 3.05) is 0 Å². The van der Waals surface area contributed by atoms with Crippen LogP contribution in [0.5, 0.6) is 0 Å². The normalized spacial score (nSPS) is 11.9. The molecule has 0 amide bonds. The molecule has 6 heteroatoms. The van der Waals surface area contributed by atoms with Crippen LogP contribution >= 0.6 is 0 Å². The molecule has 0 radical (unpaired) electrons. The van der Waals surface area contributed by atoms with Crippen molar-refractivity contribution in [2.45, 2.75) is 0 Å². The first-order valence-corrected chi connectivity index (χ1v) is 26.2. The Balaban J connectivity index is 0.960. The van der Waals surface area contributed by atoms with Gasteiger partial charge in [-0.1, -0.05) is 206 Å². The Morgan fingerprint density at radius 2 is 0.649 bits per heavy atom. The van der Waals surface area contributed by atoms with Gasteiger partial charge < -0.3 is 9.13 Å². The van der Waals surface area contributed by atoms with E-state index in [4.69, 9.17) is 15.0 Å². The van der Waals surface area contributed by atoms with E-state index < -0.39 is 0 Å². The zero-order valence-corrected chi connectivity index (χ0v) is 41.6. The summed E-state index contributed by atoms with van der Waals surface area (Å²) in [5.41, 5.74) is 15.4. The van der Waals surface area contributed by atoms with Gasteiger partial charge >= 0.3 is 0 Å². The summed E-state index contributed by atoms with van der Waals surface area (Å²) < 4.78 is 7.19. The monoisotopic (exact) mass is 980 g/mol. The highest BCUT2D eigenvalue weighted by atomic mass is 15.2. The van der Waals surface area contributed by atoms with E-state index in [-0.39, 0.29) is 0 Å². The molecule has 0 unspecified atom stereocenters. The van der Waals surface area contributed by atoms with Crippen LogP contribution in [0.4, 0.5) is 0 Å². The van der Waals surface area contributed by atoms with E-state index in [9.17, 15) is 0 Å². The molecule has 4 heterocycles. The number of hydrogen-bond donors (Lipinski definition) is 0. The van der Waals surface area contributed by atoms with Gasteiger partial charge in [-0.05, 0) is 104 Å². The first kappa shape index (κ1) is 43.0. The van der Waals surface area contributed by atoms with E-state index in [0.29, 0.717) is 17.6 Å². The number of hydrogen-bond acceptors (Lipinski definition) is 3. The number of fused-ring (bicyclic) bond motifs is 12. The molecule has 16 rings (SSSR count). The molecule has 0 N–H and O–H groups in total. The Morgan fingerprint density at radius 1 is 0.247 bits per heavy atom. The molecule has 0 saturated heterocycles. The van der Waals surface area contributed by atoms with Crippen molar-refractivity contribution in [3.05, 3.63) is 267 Å². The van der Waals surface area contributed by atoms with Crippen LogP contribution in [-0.4, -0.2) is 28.7 Å². The second-order valence-corrected chi connectivity index (χ2v) is 19.9. The van der Waals surface area contributed by atoms with Crippen molar-refractivity contribution < 1.29 is 0 Å². The number of para-hydroxylation sites is 3. The SMILES string of the molecule is c1ccc(-c2cc(-c3ccccc3)cc(-n3c4ccccc4c4c5c6ccccc6n(-c6cccc7c6c6ccccc6n7-c6nc(-c7cccc8ccccc78)nc(-c7cccc8ccccc78)n6)c5ccc43)c2)cc1.